The first-order valence-corrected chi connectivity index (χ1v) is 10.5. The third kappa shape index (κ3) is 3.53. The molecule has 0 saturated carbocycles. The number of carbonyl (C=O) groups excluding carboxylic acids is 1. The van der Waals surface area contributed by atoms with E-state index in [2.05, 4.69) is 20.7 Å². The first-order valence-electron chi connectivity index (χ1n) is 9.71. The van der Waals surface area contributed by atoms with Crippen LogP contribution in [0.1, 0.15) is 0 Å². The van der Waals surface area contributed by atoms with E-state index in [1.54, 1.807) is 24.3 Å². The van der Waals surface area contributed by atoms with Crippen LogP contribution in [0.15, 0.2) is 60.8 Å². The zero-order chi connectivity index (χ0) is 20.7. The molecule has 1 saturated heterocycles. The van der Waals surface area contributed by atoms with E-state index in [-0.39, 0.29) is 6.03 Å². The minimum absolute atomic E-state index is 0.108. The van der Waals surface area contributed by atoms with Crippen LogP contribution in [-0.2, 0) is 0 Å². The smallest absolute Gasteiger partial charge is 0.321 e. The third-order valence-electron chi connectivity index (χ3n) is 5.36. The molecule has 0 bridgehead atoms. The van der Waals surface area contributed by atoms with Gasteiger partial charge in [-0.05, 0) is 54.6 Å². The van der Waals surface area contributed by atoms with Crippen molar-refractivity contribution in [2.45, 2.75) is 0 Å². The van der Waals surface area contributed by atoms with Gasteiger partial charge < -0.3 is 19.5 Å². The third-order valence-corrected chi connectivity index (χ3v) is 5.85. The Hall–Kier alpha value is -2.96. The standard InChI is InChI=1S/C22H19Cl2N5O/c23-15-3-6-17(7-4-15)25-22(30)28-12-10-27(11-13-28)21-20-2-1-9-29(20)19-8-5-16(24)14-18(19)26-21/h1-9,14H,10-13H2,(H,25,30). The van der Waals surface area contributed by atoms with Crippen molar-refractivity contribution >= 4 is 57.3 Å². The van der Waals surface area contributed by atoms with Gasteiger partial charge in [0.2, 0.25) is 0 Å². The van der Waals surface area contributed by atoms with Crippen LogP contribution in [-0.4, -0.2) is 46.5 Å². The van der Waals surface area contributed by atoms with Crippen LogP contribution in [0, 0.1) is 0 Å². The van der Waals surface area contributed by atoms with E-state index < -0.39 is 0 Å². The van der Waals surface area contributed by atoms with Crippen LogP contribution in [0.5, 0.6) is 0 Å². The van der Waals surface area contributed by atoms with Crippen LogP contribution < -0.4 is 10.2 Å². The van der Waals surface area contributed by atoms with E-state index in [4.69, 9.17) is 28.2 Å². The summed E-state index contributed by atoms with van der Waals surface area (Å²) in [4.78, 5) is 21.5. The second kappa shape index (κ2) is 7.70. The SMILES string of the molecule is O=C(Nc1ccc(Cl)cc1)N1CCN(c2nc3cc(Cl)ccc3n3cccc23)CC1. The summed E-state index contributed by atoms with van der Waals surface area (Å²) in [6.45, 7) is 2.63. The van der Waals surface area contributed by atoms with Crippen molar-refractivity contribution < 1.29 is 4.79 Å². The molecule has 4 aromatic rings. The molecular formula is C22H19Cl2N5O. The summed E-state index contributed by atoms with van der Waals surface area (Å²) in [6.07, 6.45) is 2.03. The van der Waals surface area contributed by atoms with Gasteiger partial charge in [0, 0.05) is 48.1 Å². The van der Waals surface area contributed by atoms with Gasteiger partial charge >= 0.3 is 6.03 Å². The van der Waals surface area contributed by atoms with Crippen molar-refractivity contribution in [1.29, 1.82) is 0 Å². The number of hydrogen-bond donors (Lipinski definition) is 1. The number of carbonyl (C=O) groups is 1. The summed E-state index contributed by atoms with van der Waals surface area (Å²) in [5.74, 6) is 0.910. The molecule has 30 heavy (non-hydrogen) atoms. The maximum atomic E-state index is 12.6. The molecule has 5 rings (SSSR count). The van der Waals surface area contributed by atoms with Crippen molar-refractivity contribution in [3.8, 4) is 0 Å². The molecular weight excluding hydrogens is 421 g/mol. The summed E-state index contributed by atoms with van der Waals surface area (Å²) in [5, 5.41) is 4.23. The second-order valence-electron chi connectivity index (χ2n) is 7.24. The molecule has 1 N–H and O–H groups in total. The highest BCUT2D eigenvalue weighted by atomic mass is 35.5. The van der Waals surface area contributed by atoms with Gasteiger partial charge in [0.1, 0.15) is 0 Å². The quantitative estimate of drug-likeness (QED) is 0.469. The number of halogens is 2. The van der Waals surface area contributed by atoms with E-state index in [1.165, 1.54) is 0 Å². The van der Waals surface area contributed by atoms with Crippen LogP contribution in [0.25, 0.3) is 16.6 Å². The average Bonchev–Trinajstić information content (AvgIpc) is 3.25. The highest BCUT2D eigenvalue weighted by Gasteiger charge is 2.24. The minimum Gasteiger partial charge on any atom is -0.351 e. The van der Waals surface area contributed by atoms with E-state index in [0.29, 0.717) is 36.2 Å². The molecule has 0 spiro atoms. The Morgan fingerprint density at radius 1 is 0.900 bits per heavy atom. The first kappa shape index (κ1) is 19.0. The maximum Gasteiger partial charge on any atom is 0.321 e. The van der Waals surface area contributed by atoms with E-state index in [1.807, 2.05) is 35.4 Å². The van der Waals surface area contributed by atoms with Crippen LogP contribution >= 0.6 is 23.2 Å². The lowest BCUT2D eigenvalue weighted by Crippen LogP contribution is -2.50. The summed E-state index contributed by atoms with van der Waals surface area (Å²) in [5.41, 5.74) is 3.65. The Morgan fingerprint density at radius 3 is 2.40 bits per heavy atom. The monoisotopic (exact) mass is 439 g/mol. The number of anilines is 2. The lowest BCUT2D eigenvalue weighted by molar-refractivity contribution is 0.208. The van der Waals surface area contributed by atoms with Gasteiger partial charge in [0.15, 0.2) is 5.82 Å². The van der Waals surface area contributed by atoms with Gasteiger partial charge in [0.05, 0.1) is 16.6 Å². The summed E-state index contributed by atoms with van der Waals surface area (Å²) in [6, 6.07) is 16.8. The lowest BCUT2D eigenvalue weighted by atomic mass is 10.2. The first-order chi connectivity index (χ1) is 14.6. The normalized spacial score (nSPS) is 14.5. The van der Waals surface area contributed by atoms with Crippen molar-refractivity contribution in [2.24, 2.45) is 0 Å². The number of urea groups is 1. The fourth-order valence-electron chi connectivity index (χ4n) is 3.82. The van der Waals surface area contributed by atoms with Crippen LogP contribution in [0.3, 0.4) is 0 Å². The Bertz CT molecular complexity index is 1230. The molecule has 2 amide bonds. The molecule has 152 valence electrons. The lowest BCUT2D eigenvalue weighted by Gasteiger charge is -2.35. The van der Waals surface area contributed by atoms with Crippen molar-refractivity contribution in [3.63, 3.8) is 0 Å². The van der Waals surface area contributed by atoms with Crippen LogP contribution in [0.2, 0.25) is 10.0 Å². The molecule has 8 heteroatoms. The Balaban J connectivity index is 1.35. The number of fused-ring (bicyclic) bond motifs is 3. The number of aromatic nitrogens is 2. The fourth-order valence-corrected chi connectivity index (χ4v) is 4.12. The molecule has 1 aliphatic rings. The van der Waals surface area contributed by atoms with Crippen LogP contribution in [0.4, 0.5) is 16.3 Å². The number of benzene rings is 2. The molecule has 0 aliphatic carbocycles. The Morgan fingerprint density at radius 2 is 1.63 bits per heavy atom. The van der Waals surface area contributed by atoms with E-state index in [0.717, 1.165) is 28.1 Å². The van der Waals surface area contributed by atoms with Gasteiger partial charge in [0.25, 0.3) is 0 Å². The topological polar surface area (TPSA) is 52.9 Å². The molecule has 2 aromatic carbocycles. The van der Waals surface area contributed by atoms with Crippen molar-refractivity contribution in [1.82, 2.24) is 14.3 Å². The van der Waals surface area contributed by atoms with Gasteiger partial charge in [-0.25, -0.2) is 9.78 Å². The average molecular weight is 440 g/mol. The predicted octanol–water partition coefficient (Wildman–Crippen LogP) is 5.15. The fraction of sp³-hybridized carbons (Fsp3) is 0.182. The van der Waals surface area contributed by atoms with Gasteiger partial charge in [-0.3, -0.25) is 0 Å². The zero-order valence-electron chi connectivity index (χ0n) is 16.1. The highest BCUT2D eigenvalue weighted by Crippen LogP contribution is 2.28. The van der Waals surface area contributed by atoms with E-state index in [9.17, 15) is 4.79 Å². The number of nitrogens with one attached hydrogen (secondary N) is 1. The number of amides is 2. The predicted molar refractivity (Wildman–Crippen MR) is 122 cm³/mol. The Labute approximate surface area is 183 Å². The summed E-state index contributed by atoms with van der Waals surface area (Å²) < 4.78 is 2.13. The molecule has 3 heterocycles. The number of piperazine rings is 1. The number of hydrogen-bond acceptors (Lipinski definition) is 3. The molecule has 0 unspecified atom stereocenters. The maximum absolute atomic E-state index is 12.6. The van der Waals surface area contributed by atoms with Gasteiger partial charge in [-0.15, -0.1) is 0 Å². The summed E-state index contributed by atoms with van der Waals surface area (Å²) >= 11 is 12.1. The Kier molecular flexibility index (Phi) is 4.89. The molecule has 1 aliphatic heterocycles. The highest BCUT2D eigenvalue weighted by molar-refractivity contribution is 6.31. The molecule has 1 fully saturated rings. The van der Waals surface area contributed by atoms with Gasteiger partial charge in [-0.1, -0.05) is 23.2 Å². The molecule has 6 nitrogen and oxygen atoms in total. The molecule has 0 atom stereocenters. The largest absolute Gasteiger partial charge is 0.351 e. The number of rotatable bonds is 2. The molecule has 0 radical (unpaired) electrons. The van der Waals surface area contributed by atoms with Gasteiger partial charge in [-0.2, -0.15) is 0 Å². The minimum atomic E-state index is -0.108. The summed E-state index contributed by atoms with van der Waals surface area (Å²) in [7, 11) is 0. The molecule has 2 aromatic heterocycles. The number of nitrogens with zero attached hydrogens (tertiary/aromatic N) is 4. The van der Waals surface area contributed by atoms with Crippen molar-refractivity contribution in [2.75, 3.05) is 36.4 Å². The zero-order valence-corrected chi connectivity index (χ0v) is 17.6. The van der Waals surface area contributed by atoms with E-state index >= 15 is 0 Å². The van der Waals surface area contributed by atoms with Crippen molar-refractivity contribution in [3.05, 3.63) is 70.8 Å². The second-order valence-corrected chi connectivity index (χ2v) is 8.12.